The third-order valence-electron chi connectivity index (χ3n) is 12.0. The van der Waals surface area contributed by atoms with Crippen LogP contribution in [0.2, 0.25) is 0 Å². The molecule has 6 aromatic carbocycles. The maximum atomic E-state index is 14.1. The fraction of sp³-hybridized carbons (Fsp3) is 0.140. The van der Waals surface area contributed by atoms with Crippen LogP contribution in [0.5, 0.6) is 0 Å². The van der Waals surface area contributed by atoms with Crippen molar-refractivity contribution in [1.82, 2.24) is 0 Å². The highest BCUT2D eigenvalue weighted by atomic mass is 32.1. The van der Waals surface area contributed by atoms with Crippen LogP contribution in [0.1, 0.15) is 25.0 Å². The third kappa shape index (κ3) is 3.27. The van der Waals surface area contributed by atoms with E-state index in [1.54, 1.807) is 11.3 Å². The standard InChI is InChI=1S/C43H33BN4OS/c1-43(2)27-13-7-8-14-29(27)48(40-28(43)21-20-26-41(49)25-12-6-9-19-36(25)50-42(26)40)24-22-34-39-35(23-24)47(5)33-18-11-16-31-38(33)44(39)37-30(45(31)3)15-10-17-32(37)46(34)4/h6-23H,1-5H3. The summed E-state index contributed by atoms with van der Waals surface area (Å²) in [5, 5.41) is 1.55. The first-order valence-corrected chi connectivity index (χ1v) is 18.1. The molecule has 5 nitrogen and oxygen atoms in total. The number of para-hydroxylation sites is 1. The van der Waals surface area contributed by atoms with Crippen LogP contribution in [-0.2, 0) is 5.41 Å². The van der Waals surface area contributed by atoms with Crippen LogP contribution in [0, 0.1) is 0 Å². The normalized spacial score (nSPS) is 15.7. The number of hydrogen-bond donors (Lipinski definition) is 0. The maximum absolute atomic E-state index is 14.1. The van der Waals surface area contributed by atoms with Crippen LogP contribution in [0.3, 0.4) is 0 Å². The Morgan fingerprint density at radius 3 is 1.76 bits per heavy atom. The van der Waals surface area contributed by atoms with Crippen LogP contribution in [0.15, 0.2) is 114 Å². The van der Waals surface area contributed by atoms with Crippen LogP contribution in [0.4, 0.5) is 51.2 Å². The monoisotopic (exact) mass is 664 g/mol. The molecule has 5 heterocycles. The lowest BCUT2D eigenvalue weighted by molar-refractivity contribution is 0.633. The van der Waals surface area contributed by atoms with E-state index in [4.69, 9.17) is 0 Å². The molecule has 0 saturated carbocycles. The number of hydrogen-bond acceptors (Lipinski definition) is 6. The largest absolute Gasteiger partial charge is 0.345 e. The molecule has 0 amide bonds. The Kier molecular flexibility index (Phi) is 5.31. The molecule has 4 aliphatic rings. The molecule has 0 atom stereocenters. The minimum Gasteiger partial charge on any atom is -0.345 e. The zero-order valence-corrected chi connectivity index (χ0v) is 29.4. The summed E-state index contributed by atoms with van der Waals surface area (Å²) in [5.41, 5.74) is 17.2. The zero-order valence-electron chi connectivity index (χ0n) is 28.6. The molecular formula is C43H33BN4OS. The molecule has 240 valence electrons. The molecule has 0 spiro atoms. The van der Waals surface area contributed by atoms with Crippen LogP contribution in [0.25, 0.3) is 20.2 Å². The summed E-state index contributed by atoms with van der Waals surface area (Å²) < 4.78 is 2.04. The van der Waals surface area contributed by atoms with Crippen molar-refractivity contribution >= 4 is 106 Å². The Balaban J connectivity index is 1.25. The summed E-state index contributed by atoms with van der Waals surface area (Å²) in [7, 11) is 6.63. The van der Waals surface area contributed by atoms with Gasteiger partial charge in [0, 0.05) is 76.2 Å². The minimum absolute atomic E-state index is 0.0934. The SMILES string of the molecule is CN1c2cccc3c2B2c4c1cccc4N(C)c1cc(N4c5ccccc5C(C)(C)c5ccc6c(=O)c7ccccc7sc6c54)cc(c12)N3C. The van der Waals surface area contributed by atoms with E-state index in [1.165, 1.54) is 61.6 Å². The molecule has 0 bridgehead atoms. The van der Waals surface area contributed by atoms with Gasteiger partial charge in [-0.2, -0.15) is 0 Å². The van der Waals surface area contributed by atoms with E-state index in [0.717, 1.165) is 37.2 Å². The Morgan fingerprint density at radius 2 is 1.10 bits per heavy atom. The molecule has 0 aliphatic carbocycles. The van der Waals surface area contributed by atoms with Crippen molar-refractivity contribution in [3.05, 3.63) is 131 Å². The summed E-state index contributed by atoms with van der Waals surface area (Å²) in [6.45, 7) is 4.78. The Hall–Kier alpha value is -5.53. The van der Waals surface area contributed by atoms with E-state index < -0.39 is 0 Å². The molecule has 0 fully saturated rings. The van der Waals surface area contributed by atoms with Crippen molar-refractivity contribution in [1.29, 1.82) is 0 Å². The van der Waals surface area contributed by atoms with Crippen molar-refractivity contribution in [2.24, 2.45) is 0 Å². The van der Waals surface area contributed by atoms with Crippen molar-refractivity contribution in [2.45, 2.75) is 19.3 Å². The molecule has 50 heavy (non-hydrogen) atoms. The van der Waals surface area contributed by atoms with E-state index in [1.807, 2.05) is 18.2 Å². The average Bonchev–Trinajstić information content (AvgIpc) is 3.14. The lowest BCUT2D eigenvalue weighted by atomic mass is 9.32. The Labute approximate surface area is 295 Å². The topological polar surface area (TPSA) is 30.0 Å². The maximum Gasteiger partial charge on any atom is 0.257 e. The fourth-order valence-corrected chi connectivity index (χ4v) is 10.8. The lowest BCUT2D eigenvalue weighted by Crippen LogP contribution is -2.65. The summed E-state index contributed by atoms with van der Waals surface area (Å²) in [6, 6.07) is 39.4. The molecule has 11 rings (SSSR count). The Morgan fingerprint density at radius 1 is 0.560 bits per heavy atom. The van der Waals surface area contributed by atoms with Gasteiger partial charge >= 0.3 is 0 Å². The number of rotatable bonds is 1. The molecule has 0 unspecified atom stereocenters. The van der Waals surface area contributed by atoms with E-state index >= 15 is 0 Å². The molecular weight excluding hydrogens is 631 g/mol. The van der Waals surface area contributed by atoms with E-state index in [2.05, 4.69) is 146 Å². The van der Waals surface area contributed by atoms with Gasteiger partial charge in [0.25, 0.3) is 6.71 Å². The van der Waals surface area contributed by atoms with Gasteiger partial charge in [0.2, 0.25) is 0 Å². The second-order valence-electron chi connectivity index (χ2n) is 14.7. The number of nitrogens with zero attached hydrogens (tertiary/aromatic N) is 4. The first kappa shape index (κ1) is 28.3. The predicted molar refractivity (Wildman–Crippen MR) is 214 cm³/mol. The third-order valence-corrected chi connectivity index (χ3v) is 13.2. The lowest BCUT2D eigenvalue weighted by Gasteiger charge is -2.48. The fourth-order valence-electron chi connectivity index (χ4n) is 9.56. The number of fused-ring (bicyclic) bond motifs is 5. The average molecular weight is 665 g/mol. The molecule has 1 aromatic heterocycles. The number of benzene rings is 6. The highest BCUT2D eigenvalue weighted by molar-refractivity contribution is 7.25. The first-order valence-electron chi connectivity index (χ1n) is 17.3. The molecule has 7 aromatic rings. The summed E-state index contributed by atoms with van der Waals surface area (Å²) in [6.07, 6.45) is 0. The highest BCUT2D eigenvalue weighted by Crippen LogP contribution is 2.56. The van der Waals surface area contributed by atoms with Gasteiger partial charge < -0.3 is 19.6 Å². The van der Waals surface area contributed by atoms with Gasteiger partial charge in [0.05, 0.1) is 21.8 Å². The second-order valence-corrected chi connectivity index (χ2v) is 15.7. The van der Waals surface area contributed by atoms with Crippen LogP contribution >= 0.6 is 11.3 Å². The van der Waals surface area contributed by atoms with Gasteiger partial charge in [-0.25, -0.2) is 0 Å². The molecule has 7 heteroatoms. The van der Waals surface area contributed by atoms with Gasteiger partial charge in [0.1, 0.15) is 0 Å². The zero-order chi connectivity index (χ0) is 33.8. The smallest absolute Gasteiger partial charge is 0.257 e. The molecule has 0 radical (unpaired) electrons. The first-order chi connectivity index (χ1) is 24.3. The van der Waals surface area contributed by atoms with Gasteiger partial charge in [-0.1, -0.05) is 62.4 Å². The quantitative estimate of drug-likeness (QED) is 0.130. The van der Waals surface area contributed by atoms with E-state index in [0.29, 0.717) is 0 Å². The summed E-state index contributed by atoms with van der Waals surface area (Å²) in [4.78, 5) is 23.7. The van der Waals surface area contributed by atoms with Crippen molar-refractivity contribution in [3.63, 3.8) is 0 Å². The predicted octanol–water partition coefficient (Wildman–Crippen LogP) is 8.28. The molecule has 4 aliphatic heterocycles. The van der Waals surface area contributed by atoms with Crippen molar-refractivity contribution < 1.29 is 0 Å². The van der Waals surface area contributed by atoms with Gasteiger partial charge in [-0.05, 0) is 88.2 Å². The summed E-state index contributed by atoms with van der Waals surface area (Å²) >= 11 is 1.73. The second kappa shape index (κ2) is 9.37. The van der Waals surface area contributed by atoms with Crippen molar-refractivity contribution in [3.8, 4) is 0 Å². The van der Waals surface area contributed by atoms with Gasteiger partial charge in [-0.3, -0.25) is 4.79 Å². The van der Waals surface area contributed by atoms with E-state index in [9.17, 15) is 4.79 Å². The highest BCUT2D eigenvalue weighted by Gasteiger charge is 2.47. The number of anilines is 9. The van der Waals surface area contributed by atoms with Gasteiger partial charge in [-0.15, -0.1) is 11.3 Å². The summed E-state index contributed by atoms with van der Waals surface area (Å²) in [5.74, 6) is 0. The van der Waals surface area contributed by atoms with E-state index in [-0.39, 0.29) is 17.6 Å². The molecule has 0 saturated heterocycles. The van der Waals surface area contributed by atoms with Crippen LogP contribution < -0.4 is 41.4 Å². The van der Waals surface area contributed by atoms with Crippen LogP contribution in [-0.4, -0.2) is 27.9 Å². The van der Waals surface area contributed by atoms with Gasteiger partial charge in [0.15, 0.2) is 5.43 Å². The minimum atomic E-state index is -0.271. The Bertz CT molecular complexity index is 2670. The van der Waals surface area contributed by atoms with Crippen molar-refractivity contribution in [2.75, 3.05) is 40.7 Å². The molecule has 0 N–H and O–H groups in total.